The Morgan fingerprint density at radius 2 is 1.73 bits per heavy atom. The zero-order chi connectivity index (χ0) is 35.2. The maximum atomic E-state index is 13.6. The Kier molecular flexibility index (Phi) is 11.2. The lowest BCUT2D eigenvalue weighted by Gasteiger charge is -2.28. The number of pyridine rings is 1. The molecule has 49 heavy (non-hydrogen) atoms. The van der Waals surface area contributed by atoms with Gasteiger partial charge in [0.25, 0.3) is 11.8 Å². The number of fused-ring (bicyclic) bond motifs is 4. The number of hydrogen-bond acceptors (Lipinski definition) is 12. The van der Waals surface area contributed by atoms with Crippen molar-refractivity contribution in [3.63, 3.8) is 0 Å². The number of nitrogens with zero attached hydrogens (tertiary/aromatic N) is 6. The van der Waals surface area contributed by atoms with E-state index < -0.39 is 35.8 Å². The van der Waals surface area contributed by atoms with E-state index in [0.717, 1.165) is 5.56 Å². The number of hydrogen-bond donors (Lipinski definition) is 3. The fraction of sp³-hybridized carbons (Fsp3) is 0.485. The van der Waals surface area contributed by atoms with Crippen LogP contribution in [-0.4, -0.2) is 72.8 Å². The standard InChI is InChI=1S/C33H41N9O6S/c1-17(2)26-32-40-28(20(6)47-32)31(46)35-19(5)14-42(15-23(43)37-27(18(3)4)33-36-22(16-49-33)30(45)39-26)25(44)9-7-8-24-38-29(41-48-24)21-10-12-34-13-11-21/h10-13,16-19,26-27H,7-9,14-15H2,1-6H3,(H,35,46)(H,37,43)(H,39,45)/t19-,26-,27+/m1/s1. The summed E-state index contributed by atoms with van der Waals surface area (Å²) in [6.45, 7) is 10.9. The normalized spacial score (nSPS) is 19.3. The quantitative estimate of drug-likeness (QED) is 0.255. The number of nitrogens with one attached hydrogen (secondary N) is 3. The predicted octanol–water partition coefficient (Wildman–Crippen LogP) is 3.81. The van der Waals surface area contributed by atoms with E-state index in [1.807, 2.05) is 27.7 Å². The van der Waals surface area contributed by atoms with Gasteiger partial charge >= 0.3 is 0 Å². The largest absolute Gasteiger partial charge is 0.443 e. The van der Waals surface area contributed by atoms with Crippen molar-refractivity contribution in [2.24, 2.45) is 11.8 Å². The van der Waals surface area contributed by atoms with Gasteiger partial charge in [-0.05, 0) is 44.2 Å². The SMILES string of the molecule is Cc1oc2nc1C(=O)N[C@H](C)CN(C(=O)CCCc1nc(-c3ccncc3)no1)CC(=O)N[C@@H](C(C)C)c1nc(cs1)C(=O)N[C@@H]2C(C)C. The molecule has 16 heteroatoms. The van der Waals surface area contributed by atoms with E-state index in [0.29, 0.717) is 29.6 Å². The van der Waals surface area contributed by atoms with Crippen LogP contribution in [0.2, 0.25) is 0 Å². The molecule has 0 saturated carbocycles. The molecule has 0 spiro atoms. The van der Waals surface area contributed by atoms with Crippen molar-refractivity contribution in [2.75, 3.05) is 13.1 Å². The molecular weight excluding hydrogens is 650 g/mol. The molecule has 5 rings (SSSR count). The fourth-order valence-electron chi connectivity index (χ4n) is 5.38. The number of thiazole rings is 1. The van der Waals surface area contributed by atoms with Crippen LogP contribution in [0.3, 0.4) is 0 Å². The monoisotopic (exact) mass is 691 g/mol. The molecule has 1 aliphatic heterocycles. The molecule has 1 aliphatic rings. The molecule has 0 aliphatic carbocycles. The van der Waals surface area contributed by atoms with E-state index in [-0.39, 0.29) is 60.3 Å². The lowest BCUT2D eigenvalue weighted by molar-refractivity contribution is -0.136. The third-order valence-corrected chi connectivity index (χ3v) is 8.93. The molecule has 0 radical (unpaired) electrons. The molecule has 0 unspecified atom stereocenters. The van der Waals surface area contributed by atoms with Gasteiger partial charge < -0.3 is 29.8 Å². The van der Waals surface area contributed by atoms with Gasteiger partial charge in [0.1, 0.15) is 22.5 Å². The second-order valence-corrected chi connectivity index (χ2v) is 13.7. The minimum Gasteiger partial charge on any atom is -0.443 e. The average Bonchev–Trinajstić information content (AvgIpc) is 3.82. The summed E-state index contributed by atoms with van der Waals surface area (Å²) in [6.07, 6.45) is 4.13. The van der Waals surface area contributed by atoms with Gasteiger partial charge in [0.15, 0.2) is 5.69 Å². The van der Waals surface area contributed by atoms with Crippen molar-refractivity contribution in [3.05, 3.63) is 63.8 Å². The first-order chi connectivity index (χ1) is 23.4. The third-order valence-electron chi connectivity index (χ3n) is 8.00. The van der Waals surface area contributed by atoms with E-state index in [9.17, 15) is 19.2 Å². The molecule has 3 N–H and O–H groups in total. The van der Waals surface area contributed by atoms with E-state index in [2.05, 4.69) is 41.0 Å². The van der Waals surface area contributed by atoms with E-state index in [4.69, 9.17) is 8.94 Å². The molecule has 0 fully saturated rings. The van der Waals surface area contributed by atoms with Gasteiger partial charge in [-0.25, -0.2) is 9.97 Å². The number of aromatic nitrogens is 5. The van der Waals surface area contributed by atoms with Crippen molar-refractivity contribution >= 4 is 35.0 Å². The summed E-state index contributed by atoms with van der Waals surface area (Å²) in [5, 5.41) is 15.0. The van der Waals surface area contributed by atoms with Gasteiger partial charge in [0.05, 0.1) is 12.6 Å². The molecule has 4 aromatic heterocycles. The van der Waals surface area contributed by atoms with Crippen molar-refractivity contribution < 1.29 is 28.1 Å². The Labute approximate surface area is 287 Å². The van der Waals surface area contributed by atoms with Crippen molar-refractivity contribution in [1.82, 2.24) is 45.9 Å². The molecule has 4 bridgehead atoms. The Bertz CT molecular complexity index is 1780. The van der Waals surface area contributed by atoms with E-state index in [1.165, 1.54) is 16.2 Å². The third kappa shape index (κ3) is 8.73. The number of oxazole rings is 1. The Morgan fingerprint density at radius 1 is 1.00 bits per heavy atom. The van der Waals surface area contributed by atoms with Crippen molar-refractivity contribution in [2.45, 2.75) is 78.9 Å². The lowest BCUT2D eigenvalue weighted by atomic mass is 10.0. The first kappa shape index (κ1) is 35.3. The van der Waals surface area contributed by atoms with Gasteiger partial charge in [0, 0.05) is 48.8 Å². The van der Waals surface area contributed by atoms with Gasteiger partial charge in [-0.2, -0.15) is 4.98 Å². The Balaban J connectivity index is 1.36. The molecule has 3 atom stereocenters. The second-order valence-electron chi connectivity index (χ2n) is 12.8. The van der Waals surface area contributed by atoms with Crippen LogP contribution in [0.15, 0.2) is 38.8 Å². The van der Waals surface area contributed by atoms with Crippen molar-refractivity contribution in [3.8, 4) is 11.4 Å². The van der Waals surface area contributed by atoms with E-state index in [1.54, 1.807) is 43.8 Å². The maximum Gasteiger partial charge on any atom is 0.273 e. The lowest BCUT2D eigenvalue weighted by Crippen LogP contribution is -2.48. The zero-order valence-electron chi connectivity index (χ0n) is 28.4. The Morgan fingerprint density at radius 3 is 2.45 bits per heavy atom. The molecule has 4 aromatic rings. The van der Waals surface area contributed by atoms with Crippen LogP contribution >= 0.6 is 11.3 Å². The molecule has 260 valence electrons. The molecule has 0 aromatic carbocycles. The second kappa shape index (κ2) is 15.5. The van der Waals surface area contributed by atoms with Gasteiger partial charge in [-0.1, -0.05) is 32.9 Å². The summed E-state index contributed by atoms with van der Waals surface area (Å²) in [4.78, 5) is 72.6. The van der Waals surface area contributed by atoms with Crippen LogP contribution < -0.4 is 16.0 Å². The summed E-state index contributed by atoms with van der Waals surface area (Å²) in [5.74, 6) is -0.502. The highest BCUT2D eigenvalue weighted by atomic mass is 32.1. The summed E-state index contributed by atoms with van der Waals surface area (Å²) in [6, 6.07) is 1.86. The maximum absolute atomic E-state index is 13.6. The molecule has 4 amide bonds. The van der Waals surface area contributed by atoms with Crippen LogP contribution in [0.1, 0.15) is 103 Å². The molecule has 15 nitrogen and oxygen atoms in total. The minimum atomic E-state index is -0.627. The highest BCUT2D eigenvalue weighted by Gasteiger charge is 2.31. The van der Waals surface area contributed by atoms with E-state index >= 15 is 0 Å². The summed E-state index contributed by atoms with van der Waals surface area (Å²) < 4.78 is 11.3. The van der Waals surface area contributed by atoms with Crippen LogP contribution in [-0.2, 0) is 16.0 Å². The predicted molar refractivity (Wildman–Crippen MR) is 178 cm³/mol. The van der Waals surface area contributed by atoms with Gasteiger partial charge in [0.2, 0.25) is 29.4 Å². The number of carbonyl (C=O) groups excluding carboxylic acids is 4. The summed E-state index contributed by atoms with van der Waals surface area (Å²) in [7, 11) is 0. The number of carbonyl (C=O) groups is 4. The minimum absolute atomic E-state index is 0.0624. The van der Waals surface area contributed by atoms with Gasteiger partial charge in [-0.3, -0.25) is 24.2 Å². The molecule has 0 saturated heterocycles. The Hall–Kier alpha value is -4.99. The smallest absolute Gasteiger partial charge is 0.273 e. The topological polar surface area (TPSA) is 198 Å². The highest BCUT2D eigenvalue weighted by Crippen LogP contribution is 2.27. The number of aryl methyl sites for hydroxylation is 2. The number of amides is 4. The fourth-order valence-corrected chi connectivity index (χ4v) is 6.40. The van der Waals surface area contributed by atoms with Crippen LogP contribution in [0.4, 0.5) is 0 Å². The first-order valence-electron chi connectivity index (χ1n) is 16.2. The average molecular weight is 692 g/mol. The first-order valence-corrected chi connectivity index (χ1v) is 17.1. The molecule has 5 heterocycles. The zero-order valence-corrected chi connectivity index (χ0v) is 29.2. The van der Waals surface area contributed by atoms with Gasteiger partial charge in [-0.15, -0.1) is 11.3 Å². The summed E-state index contributed by atoms with van der Waals surface area (Å²) in [5.41, 5.74) is 1.02. The summed E-state index contributed by atoms with van der Waals surface area (Å²) >= 11 is 1.27. The van der Waals surface area contributed by atoms with Crippen LogP contribution in [0, 0.1) is 18.8 Å². The van der Waals surface area contributed by atoms with Crippen LogP contribution in [0.5, 0.6) is 0 Å². The van der Waals surface area contributed by atoms with Crippen molar-refractivity contribution in [1.29, 1.82) is 0 Å². The molecular formula is C33H41N9O6S. The number of rotatable bonds is 7. The van der Waals surface area contributed by atoms with Crippen LogP contribution in [0.25, 0.3) is 11.4 Å². The highest BCUT2D eigenvalue weighted by molar-refractivity contribution is 7.09.